The Labute approximate surface area is 93.3 Å². The summed E-state index contributed by atoms with van der Waals surface area (Å²) in [5, 5.41) is 0. The number of hydrogen-bond acceptors (Lipinski definition) is 1. The molecule has 0 N–H and O–H groups in total. The summed E-state index contributed by atoms with van der Waals surface area (Å²) in [5.74, 6) is 0.130. The molecule has 1 aliphatic rings. The predicted octanol–water partition coefficient (Wildman–Crippen LogP) is 3.90. The first kappa shape index (κ1) is 12.2. The van der Waals surface area contributed by atoms with Gasteiger partial charge in [-0.05, 0) is 38.2 Å². The second kappa shape index (κ2) is 3.96. The highest BCUT2D eigenvalue weighted by Gasteiger charge is 2.41. The van der Waals surface area contributed by atoms with Crippen molar-refractivity contribution in [2.24, 2.45) is 10.8 Å². The fourth-order valence-corrected chi connectivity index (χ4v) is 2.30. The van der Waals surface area contributed by atoms with Crippen LogP contribution in [0, 0.1) is 10.8 Å². The maximum Gasteiger partial charge on any atom is 0.152 e. The van der Waals surface area contributed by atoms with Crippen LogP contribution in [0.4, 0.5) is 0 Å². The van der Waals surface area contributed by atoms with E-state index in [1.165, 1.54) is 12.0 Å². The number of ketones is 1. The average molecular weight is 206 g/mol. The van der Waals surface area contributed by atoms with Crippen LogP contribution in [0.5, 0.6) is 0 Å². The summed E-state index contributed by atoms with van der Waals surface area (Å²) in [7, 11) is 0. The van der Waals surface area contributed by atoms with Crippen molar-refractivity contribution in [3.8, 4) is 0 Å². The molecule has 0 heterocycles. The van der Waals surface area contributed by atoms with Crippen molar-refractivity contribution in [3.63, 3.8) is 0 Å². The molecule has 0 aromatic rings. The fourth-order valence-electron chi connectivity index (χ4n) is 2.30. The summed E-state index contributed by atoms with van der Waals surface area (Å²) < 4.78 is 0. The lowest BCUT2D eigenvalue weighted by atomic mass is 9.58. The number of allylic oxidation sites excluding steroid dienone is 4. The molecule has 0 aromatic carbocycles. The fraction of sp³-hybridized carbons (Fsp3) is 0.643. The van der Waals surface area contributed by atoms with Crippen LogP contribution in [0.3, 0.4) is 0 Å². The first-order valence-corrected chi connectivity index (χ1v) is 5.67. The van der Waals surface area contributed by atoms with E-state index in [0.717, 1.165) is 6.42 Å². The van der Waals surface area contributed by atoms with Crippen molar-refractivity contribution < 1.29 is 4.79 Å². The van der Waals surface area contributed by atoms with Crippen molar-refractivity contribution in [2.45, 2.75) is 47.5 Å². The Hall–Kier alpha value is -0.850. The van der Waals surface area contributed by atoms with Crippen LogP contribution in [0.2, 0.25) is 0 Å². The molecule has 0 radical (unpaired) electrons. The number of carbonyl (C=O) groups is 1. The molecule has 1 heteroatoms. The Morgan fingerprint density at radius 1 is 1.40 bits per heavy atom. The van der Waals surface area contributed by atoms with E-state index < -0.39 is 0 Å². The molecule has 1 aliphatic carbocycles. The first-order valence-electron chi connectivity index (χ1n) is 5.67. The summed E-state index contributed by atoms with van der Waals surface area (Å²) in [5.41, 5.74) is 1.64. The largest absolute Gasteiger partial charge is 0.295 e. The van der Waals surface area contributed by atoms with Gasteiger partial charge in [0.25, 0.3) is 0 Å². The molecule has 1 rings (SSSR count). The second-order valence-electron chi connectivity index (χ2n) is 5.46. The molecule has 0 fully saturated rings. The molecule has 0 saturated heterocycles. The summed E-state index contributed by atoms with van der Waals surface area (Å²) in [6, 6.07) is 0. The van der Waals surface area contributed by atoms with Crippen LogP contribution in [0.1, 0.15) is 47.5 Å². The highest BCUT2D eigenvalue weighted by molar-refractivity contribution is 5.87. The van der Waals surface area contributed by atoms with Gasteiger partial charge >= 0.3 is 0 Å². The molecule has 0 amide bonds. The Balaban J connectivity index is 3.10. The van der Waals surface area contributed by atoms with E-state index in [1.807, 2.05) is 0 Å². The van der Waals surface area contributed by atoms with Gasteiger partial charge in [0.2, 0.25) is 0 Å². The Kier molecular flexibility index (Phi) is 3.22. The lowest BCUT2D eigenvalue weighted by Gasteiger charge is -2.46. The molecule has 0 aromatic heterocycles. The second-order valence-corrected chi connectivity index (χ2v) is 5.46. The summed E-state index contributed by atoms with van der Waals surface area (Å²) >= 11 is 0. The van der Waals surface area contributed by atoms with E-state index in [0.29, 0.717) is 0 Å². The predicted molar refractivity (Wildman–Crippen MR) is 64.7 cm³/mol. The van der Waals surface area contributed by atoms with Crippen molar-refractivity contribution in [1.82, 2.24) is 0 Å². The third-order valence-electron chi connectivity index (χ3n) is 4.10. The minimum Gasteiger partial charge on any atom is -0.295 e. The lowest BCUT2D eigenvalue weighted by Crippen LogP contribution is -2.37. The first-order chi connectivity index (χ1) is 6.79. The minimum absolute atomic E-state index is 0.0247. The van der Waals surface area contributed by atoms with E-state index >= 15 is 0 Å². The minimum atomic E-state index is 0.0247. The summed E-state index contributed by atoms with van der Waals surface area (Å²) in [4.78, 5) is 11.0. The molecule has 1 atom stereocenters. The molecule has 0 aliphatic heterocycles. The Bertz CT molecular complexity index is 320. The van der Waals surface area contributed by atoms with Crippen molar-refractivity contribution in [1.29, 1.82) is 0 Å². The average Bonchev–Trinajstić information content (AvgIpc) is 2.11. The van der Waals surface area contributed by atoms with Crippen LogP contribution < -0.4 is 0 Å². The zero-order valence-corrected chi connectivity index (χ0v) is 10.6. The van der Waals surface area contributed by atoms with Gasteiger partial charge in [0.1, 0.15) is 0 Å². The molecule has 0 bridgehead atoms. The SMILES string of the molecule is CC(=O)C=C[C@]1(C)C(C)=CCCC1(C)C. The third kappa shape index (κ3) is 2.22. The highest BCUT2D eigenvalue weighted by atomic mass is 16.1. The number of carbonyl (C=O) groups excluding carboxylic acids is 1. The Morgan fingerprint density at radius 3 is 2.47 bits per heavy atom. The normalized spacial score (nSPS) is 30.3. The van der Waals surface area contributed by atoms with Gasteiger partial charge in [-0.3, -0.25) is 4.79 Å². The van der Waals surface area contributed by atoms with Crippen LogP contribution in [-0.2, 0) is 4.79 Å². The van der Waals surface area contributed by atoms with Gasteiger partial charge in [0.15, 0.2) is 5.78 Å². The van der Waals surface area contributed by atoms with Crippen molar-refractivity contribution in [2.75, 3.05) is 0 Å². The van der Waals surface area contributed by atoms with Gasteiger partial charge in [0, 0.05) is 5.41 Å². The maximum absolute atomic E-state index is 11.0. The quantitative estimate of drug-likeness (QED) is 0.494. The van der Waals surface area contributed by atoms with E-state index in [4.69, 9.17) is 0 Å². The number of hydrogen-bond donors (Lipinski definition) is 0. The van der Waals surface area contributed by atoms with Crippen molar-refractivity contribution in [3.05, 3.63) is 23.8 Å². The van der Waals surface area contributed by atoms with Gasteiger partial charge in [-0.1, -0.05) is 38.5 Å². The topological polar surface area (TPSA) is 17.1 Å². The molecule has 0 saturated carbocycles. The van der Waals surface area contributed by atoms with Gasteiger partial charge < -0.3 is 0 Å². The van der Waals surface area contributed by atoms with Gasteiger partial charge in [-0.15, -0.1) is 0 Å². The van der Waals surface area contributed by atoms with E-state index in [1.54, 1.807) is 13.0 Å². The van der Waals surface area contributed by atoms with Gasteiger partial charge in [-0.2, -0.15) is 0 Å². The highest BCUT2D eigenvalue weighted by Crippen LogP contribution is 2.51. The zero-order valence-electron chi connectivity index (χ0n) is 10.6. The van der Waals surface area contributed by atoms with Crippen LogP contribution in [-0.4, -0.2) is 5.78 Å². The molecular formula is C14H22O. The molecule has 1 nitrogen and oxygen atoms in total. The van der Waals surface area contributed by atoms with Gasteiger partial charge in [-0.25, -0.2) is 0 Å². The molecule has 0 spiro atoms. The van der Waals surface area contributed by atoms with Crippen molar-refractivity contribution >= 4 is 5.78 Å². The summed E-state index contributed by atoms with van der Waals surface area (Å²) in [6.45, 7) is 10.6. The van der Waals surface area contributed by atoms with Gasteiger partial charge in [0.05, 0.1) is 0 Å². The standard InChI is InChI=1S/C14H22O/c1-11-7-6-9-13(3,4)14(11,5)10-8-12(2)15/h7-8,10H,6,9H2,1-5H3/t14-/m1/s1. The molecular weight excluding hydrogens is 184 g/mol. The van der Waals surface area contributed by atoms with Crippen LogP contribution in [0.25, 0.3) is 0 Å². The van der Waals surface area contributed by atoms with Crippen LogP contribution >= 0.6 is 0 Å². The molecule has 84 valence electrons. The lowest BCUT2D eigenvalue weighted by molar-refractivity contribution is -0.112. The van der Waals surface area contributed by atoms with E-state index in [-0.39, 0.29) is 16.6 Å². The smallest absolute Gasteiger partial charge is 0.152 e. The van der Waals surface area contributed by atoms with E-state index in [9.17, 15) is 4.79 Å². The zero-order chi connectivity index (χ0) is 11.7. The Morgan fingerprint density at radius 2 is 2.00 bits per heavy atom. The monoisotopic (exact) mass is 206 g/mol. The summed E-state index contributed by atoms with van der Waals surface area (Å²) in [6.07, 6.45) is 8.44. The van der Waals surface area contributed by atoms with E-state index in [2.05, 4.69) is 39.8 Å². The third-order valence-corrected chi connectivity index (χ3v) is 4.10. The molecule has 0 unspecified atom stereocenters. The molecule has 15 heavy (non-hydrogen) atoms. The number of rotatable bonds is 2. The van der Waals surface area contributed by atoms with Crippen LogP contribution in [0.15, 0.2) is 23.8 Å². The maximum atomic E-state index is 11.0.